The third-order valence-corrected chi connectivity index (χ3v) is 9.85. The number of aryl methyl sites for hydroxylation is 4. The van der Waals surface area contributed by atoms with Crippen molar-refractivity contribution in [1.29, 1.82) is 0 Å². The van der Waals surface area contributed by atoms with Crippen molar-refractivity contribution < 1.29 is 31.4 Å². The van der Waals surface area contributed by atoms with Gasteiger partial charge in [0, 0.05) is 43.9 Å². The Balaban J connectivity index is 0.00000541. The molecule has 0 aliphatic carbocycles. The molecule has 274 valence electrons. The summed E-state index contributed by atoms with van der Waals surface area (Å²) in [6.45, 7) is 19.8. The van der Waals surface area contributed by atoms with Crippen LogP contribution >= 0.6 is 0 Å². The molecule has 0 saturated carbocycles. The normalized spacial score (nSPS) is 12.5. The van der Waals surface area contributed by atoms with Crippen LogP contribution in [-0.2, 0) is 44.4 Å². The zero-order valence-corrected chi connectivity index (χ0v) is 32.1. The molecule has 1 N–H and O–H groups in total. The third-order valence-electron chi connectivity index (χ3n) is 9.85. The number of amides is 1. The van der Waals surface area contributed by atoms with Gasteiger partial charge >= 0.3 is 23.0 Å². The molecule has 0 unspecified atom stereocenters. The molecule has 0 aromatic carbocycles. The number of nitrogens with one attached hydrogen (secondary N) is 1. The number of carbonyl (C=O) groups is 2. The van der Waals surface area contributed by atoms with Gasteiger partial charge < -0.3 is 24.6 Å². The average molecular weight is 752 g/mol. The minimum atomic E-state index is -0.257. The standard InChI is InChI=1S/C42H46N7O3.Fe/c1-8-29-25(4)33-20-34-28(7)32(13-15-42(51)52-10-3)40(47-34)23-39-31(12-14-41(50)44-16-11-18-49-19-17-43-24-49)27(6)36(48-39)22-38-30(9-2)26(5)35(46-38)21-37(29)45-33;/h8-9,17,19-24H,1-2,10-16,18H2,3-7H3,(H2-,44,45,46,47,48,50);/q-1;+2/p-1. The van der Waals surface area contributed by atoms with E-state index in [4.69, 9.17) is 24.7 Å². The minimum absolute atomic E-state index is 0. The summed E-state index contributed by atoms with van der Waals surface area (Å²) in [6.07, 6.45) is 11.4. The second kappa shape index (κ2) is 17.1. The van der Waals surface area contributed by atoms with Gasteiger partial charge in [-0.15, -0.1) is 22.1 Å². The Morgan fingerprint density at radius 3 is 2.25 bits per heavy atom. The Bertz CT molecular complexity index is 2290. The molecule has 0 atom stereocenters. The van der Waals surface area contributed by atoms with Gasteiger partial charge in [-0.25, -0.2) is 15.0 Å². The predicted molar refractivity (Wildman–Crippen MR) is 208 cm³/mol. The number of fused-ring (bicyclic) bond motifs is 8. The summed E-state index contributed by atoms with van der Waals surface area (Å²) in [5, 5.41) is 3.06. The SMILES string of the molecule is C=CC1=C(C)c2cc3[n-]c(cc4nc(cc5[n-]c(cc1n2)c(C)c5CCC(=O)NCCCn1ccnc1)C(CCC(=O)OCC)=C4C)c(C)c3C=C.[Fe+2]. The van der Waals surface area contributed by atoms with E-state index in [1.54, 1.807) is 19.4 Å². The van der Waals surface area contributed by atoms with Crippen molar-refractivity contribution in [3.63, 3.8) is 0 Å². The van der Waals surface area contributed by atoms with Crippen LogP contribution in [0, 0.1) is 13.8 Å². The Morgan fingerprint density at radius 1 is 0.849 bits per heavy atom. The monoisotopic (exact) mass is 751 g/mol. The van der Waals surface area contributed by atoms with E-state index in [0.29, 0.717) is 32.4 Å². The van der Waals surface area contributed by atoms with Crippen molar-refractivity contribution in [3.05, 3.63) is 107 Å². The van der Waals surface area contributed by atoms with E-state index in [-0.39, 0.29) is 35.4 Å². The van der Waals surface area contributed by atoms with E-state index in [9.17, 15) is 9.59 Å². The van der Waals surface area contributed by atoms with Gasteiger partial charge in [0.15, 0.2) is 0 Å². The molecule has 8 bridgehead atoms. The molecule has 0 spiro atoms. The van der Waals surface area contributed by atoms with Crippen molar-refractivity contribution in [3.8, 4) is 0 Å². The van der Waals surface area contributed by atoms with E-state index in [2.05, 4.69) is 23.5 Å². The van der Waals surface area contributed by atoms with Crippen LogP contribution in [0.5, 0.6) is 0 Å². The summed E-state index contributed by atoms with van der Waals surface area (Å²) in [5.41, 5.74) is 13.8. The first-order valence-corrected chi connectivity index (χ1v) is 17.8. The number of ether oxygens (including phenoxy) is 1. The number of carbonyl (C=O) groups excluding carboxylic acids is 2. The molecule has 11 heteroatoms. The fourth-order valence-corrected chi connectivity index (χ4v) is 6.84. The first kappa shape index (κ1) is 39.0. The van der Waals surface area contributed by atoms with Crippen molar-refractivity contribution >= 4 is 62.3 Å². The fourth-order valence-electron chi connectivity index (χ4n) is 6.84. The van der Waals surface area contributed by atoms with E-state index in [1.165, 1.54) is 0 Å². The summed E-state index contributed by atoms with van der Waals surface area (Å²) in [4.78, 5) is 50.0. The number of hydrogen-bond donors (Lipinski definition) is 1. The largest absolute Gasteiger partial charge is 2.00 e. The second-order valence-corrected chi connectivity index (χ2v) is 13.1. The molecule has 4 aromatic rings. The molecular weight excluding hydrogens is 706 g/mol. The molecule has 10 nitrogen and oxygen atoms in total. The van der Waals surface area contributed by atoms with E-state index in [0.717, 1.165) is 102 Å². The van der Waals surface area contributed by atoms with Crippen molar-refractivity contribution in [2.24, 2.45) is 0 Å². The molecular formula is C42H45FeN7O3. The Kier molecular flexibility index (Phi) is 12.5. The number of nitrogens with zero attached hydrogens (tertiary/aromatic N) is 6. The summed E-state index contributed by atoms with van der Waals surface area (Å²) in [5.74, 6) is -0.276. The maximum atomic E-state index is 13.1. The number of hydrogen-bond acceptors (Lipinski definition) is 6. The molecule has 0 saturated heterocycles. The number of esters is 1. The fraction of sp³-hybridized carbons (Fsp3) is 0.310. The molecule has 6 rings (SSSR count). The second-order valence-electron chi connectivity index (χ2n) is 13.1. The van der Waals surface area contributed by atoms with Crippen LogP contribution in [-0.4, -0.2) is 44.5 Å². The number of aromatic nitrogens is 6. The summed E-state index contributed by atoms with van der Waals surface area (Å²) in [6, 6.07) is 7.98. The van der Waals surface area contributed by atoms with Gasteiger partial charge in [-0.05, 0) is 76.2 Å². The Morgan fingerprint density at radius 2 is 1.53 bits per heavy atom. The molecule has 53 heavy (non-hydrogen) atoms. The van der Waals surface area contributed by atoms with Gasteiger partial charge in [-0.2, -0.15) is 0 Å². The van der Waals surface area contributed by atoms with Gasteiger partial charge in [0.2, 0.25) is 5.91 Å². The van der Waals surface area contributed by atoms with Crippen LogP contribution in [0.2, 0.25) is 0 Å². The molecule has 4 aromatic heterocycles. The van der Waals surface area contributed by atoms with Crippen molar-refractivity contribution in [2.75, 3.05) is 13.2 Å². The maximum absolute atomic E-state index is 13.1. The van der Waals surface area contributed by atoms with Crippen LogP contribution in [0.25, 0.3) is 50.4 Å². The van der Waals surface area contributed by atoms with Gasteiger partial charge in [-0.3, -0.25) is 9.59 Å². The maximum Gasteiger partial charge on any atom is 2.00 e. The molecule has 1 amide bonds. The van der Waals surface area contributed by atoms with E-state index in [1.807, 2.05) is 74.9 Å². The first-order chi connectivity index (χ1) is 25.1. The summed E-state index contributed by atoms with van der Waals surface area (Å²) >= 11 is 0. The van der Waals surface area contributed by atoms with E-state index < -0.39 is 0 Å². The number of imidazole rings is 1. The topological polar surface area (TPSA) is 127 Å². The Labute approximate surface area is 321 Å². The molecule has 0 radical (unpaired) electrons. The average Bonchev–Trinajstić information content (AvgIpc) is 3.92. The molecule has 2 aliphatic heterocycles. The van der Waals surface area contributed by atoms with Crippen molar-refractivity contribution in [2.45, 2.75) is 73.3 Å². The molecule has 2 aliphatic rings. The smallest absolute Gasteiger partial charge is 0.657 e. The van der Waals surface area contributed by atoms with Gasteiger partial charge in [0.25, 0.3) is 0 Å². The third kappa shape index (κ3) is 8.37. The van der Waals surface area contributed by atoms with Gasteiger partial charge in [0.05, 0.1) is 35.7 Å². The number of allylic oxidation sites excluding steroid dienone is 5. The number of rotatable bonds is 13. The van der Waals surface area contributed by atoms with Gasteiger partial charge in [0.1, 0.15) is 0 Å². The van der Waals surface area contributed by atoms with Crippen LogP contribution in [0.15, 0.2) is 62.2 Å². The zero-order chi connectivity index (χ0) is 36.9. The van der Waals surface area contributed by atoms with E-state index >= 15 is 0 Å². The molecule has 0 fully saturated rings. The Hall–Kier alpha value is -5.25. The van der Waals surface area contributed by atoms with Crippen molar-refractivity contribution in [1.82, 2.24) is 34.8 Å². The van der Waals surface area contributed by atoms with Gasteiger partial charge in [-0.1, -0.05) is 66.3 Å². The zero-order valence-electron chi connectivity index (χ0n) is 31.0. The summed E-state index contributed by atoms with van der Waals surface area (Å²) in [7, 11) is 0. The minimum Gasteiger partial charge on any atom is -0.657 e. The molecule has 6 heterocycles. The van der Waals surface area contributed by atoms with Crippen LogP contribution in [0.3, 0.4) is 0 Å². The van der Waals surface area contributed by atoms with Crippen LogP contribution < -0.4 is 15.3 Å². The first-order valence-electron chi connectivity index (χ1n) is 17.8. The predicted octanol–water partition coefficient (Wildman–Crippen LogP) is 7.56. The summed E-state index contributed by atoms with van der Waals surface area (Å²) < 4.78 is 7.26. The quantitative estimate of drug-likeness (QED) is 0.0843. The van der Waals surface area contributed by atoms with Crippen LogP contribution in [0.1, 0.15) is 91.5 Å². The van der Waals surface area contributed by atoms with Crippen LogP contribution in [0.4, 0.5) is 0 Å².